The highest BCUT2D eigenvalue weighted by atomic mass is 16.6. The van der Waals surface area contributed by atoms with Crippen LogP contribution in [-0.4, -0.2) is 63.1 Å². The third kappa shape index (κ3) is 3.74. The van der Waals surface area contributed by atoms with E-state index < -0.39 is 71.0 Å². The Labute approximate surface area is 201 Å². The van der Waals surface area contributed by atoms with Crippen LogP contribution in [0.4, 0.5) is 0 Å². The van der Waals surface area contributed by atoms with Gasteiger partial charge in [-0.2, -0.15) is 0 Å². The van der Waals surface area contributed by atoms with Gasteiger partial charge in [0, 0.05) is 24.2 Å². The Hall–Kier alpha value is -2.03. The van der Waals surface area contributed by atoms with Crippen LogP contribution in [0.25, 0.3) is 0 Å². The largest absolute Gasteiger partial charge is 0.459 e. The normalized spacial score (nSPS) is 39.5. The van der Waals surface area contributed by atoms with Crippen molar-refractivity contribution in [2.24, 2.45) is 35.0 Å². The average molecular weight is 479 g/mol. The van der Waals surface area contributed by atoms with Crippen molar-refractivity contribution in [1.29, 1.82) is 0 Å². The van der Waals surface area contributed by atoms with Gasteiger partial charge in [0.2, 0.25) is 0 Å². The van der Waals surface area contributed by atoms with Crippen molar-refractivity contribution >= 4 is 17.7 Å². The summed E-state index contributed by atoms with van der Waals surface area (Å²) in [7, 11) is 0. The van der Waals surface area contributed by atoms with E-state index in [0.717, 1.165) is 0 Å². The van der Waals surface area contributed by atoms with Crippen molar-refractivity contribution in [2.45, 2.75) is 78.8 Å². The second kappa shape index (κ2) is 8.57. The van der Waals surface area contributed by atoms with Crippen LogP contribution < -0.4 is 0 Å². The molecule has 0 heterocycles. The lowest BCUT2D eigenvalue weighted by Gasteiger charge is -2.39. The van der Waals surface area contributed by atoms with Crippen molar-refractivity contribution in [3.63, 3.8) is 0 Å². The number of rotatable bonds is 6. The van der Waals surface area contributed by atoms with E-state index in [0.29, 0.717) is 5.57 Å². The van der Waals surface area contributed by atoms with E-state index in [1.807, 2.05) is 27.7 Å². The maximum Gasteiger partial charge on any atom is 0.309 e. The summed E-state index contributed by atoms with van der Waals surface area (Å²) in [6, 6.07) is 0. The summed E-state index contributed by atoms with van der Waals surface area (Å²) in [6.45, 7) is 13.4. The van der Waals surface area contributed by atoms with Gasteiger partial charge in [-0.3, -0.25) is 14.4 Å². The van der Waals surface area contributed by atoms with Gasteiger partial charge in [-0.25, -0.2) is 0 Å². The van der Waals surface area contributed by atoms with E-state index in [9.17, 15) is 29.7 Å². The molecule has 0 amide bonds. The molecule has 0 aromatic heterocycles. The summed E-state index contributed by atoms with van der Waals surface area (Å²) in [4.78, 5) is 38.4. The molecule has 190 valence electrons. The SMILES string of the molecule is CC(=O)O[C@@]1(C)[C@H]([C@@H]2C=C(CO)[C@@H](O)[C@@]3(O)C(C=C(C)[C@@H]3OC(=O)C(C)C(C)C)C2=O)C1(C)C. The van der Waals surface area contributed by atoms with Gasteiger partial charge in [0.05, 0.1) is 18.4 Å². The minimum absolute atomic E-state index is 0.00218. The fraction of sp³-hybridized carbons (Fsp3) is 0.731. The quantitative estimate of drug-likeness (QED) is 0.390. The standard InChI is InChI=1S/C26H38O8/c1-12(2)14(4)23(31)33-22-13(3)9-18-19(29)17(10-16(11-27)21(30)26(18,22)32)20-24(6,7)25(20,8)34-15(5)28/h9-10,12,14,17-18,20-22,27,30,32H,11H2,1-8H3/t14?,17-,18?,20-,21-,22+,25+,26+/m1/s1. The van der Waals surface area contributed by atoms with Crippen LogP contribution >= 0.6 is 0 Å². The Morgan fingerprint density at radius 3 is 2.24 bits per heavy atom. The summed E-state index contributed by atoms with van der Waals surface area (Å²) in [6.07, 6.45) is 0.150. The minimum atomic E-state index is -2.16. The molecule has 3 aliphatic rings. The average Bonchev–Trinajstić information content (AvgIpc) is 3.05. The van der Waals surface area contributed by atoms with E-state index in [2.05, 4.69) is 0 Å². The lowest BCUT2D eigenvalue weighted by atomic mass is 9.77. The predicted octanol–water partition coefficient (Wildman–Crippen LogP) is 1.95. The van der Waals surface area contributed by atoms with E-state index in [4.69, 9.17) is 9.47 Å². The van der Waals surface area contributed by atoms with Gasteiger partial charge in [-0.15, -0.1) is 0 Å². The summed E-state index contributed by atoms with van der Waals surface area (Å²) >= 11 is 0. The molecule has 2 unspecified atom stereocenters. The zero-order valence-electron chi connectivity index (χ0n) is 21.3. The van der Waals surface area contributed by atoms with E-state index in [1.165, 1.54) is 13.0 Å². The Morgan fingerprint density at radius 2 is 1.74 bits per heavy atom. The lowest BCUT2D eigenvalue weighted by Crippen LogP contribution is -2.58. The first-order valence-corrected chi connectivity index (χ1v) is 11.9. The molecule has 3 aliphatic carbocycles. The number of esters is 2. The van der Waals surface area contributed by atoms with Crippen molar-refractivity contribution in [3.8, 4) is 0 Å². The van der Waals surface area contributed by atoms with Gasteiger partial charge in [-0.1, -0.05) is 46.8 Å². The van der Waals surface area contributed by atoms with Gasteiger partial charge in [0.25, 0.3) is 0 Å². The van der Waals surface area contributed by atoms with Gasteiger partial charge in [0.1, 0.15) is 23.1 Å². The zero-order chi connectivity index (χ0) is 26.0. The molecule has 0 aromatic carbocycles. The minimum Gasteiger partial charge on any atom is -0.459 e. The molecule has 34 heavy (non-hydrogen) atoms. The Morgan fingerprint density at radius 1 is 1.15 bits per heavy atom. The molecule has 3 N–H and O–H groups in total. The maximum absolute atomic E-state index is 13.9. The molecule has 1 fully saturated rings. The number of carbonyl (C=O) groups excluding carboxylic acids is 3. The lowest BCUT2D eigenvalue weighted by molar-refractivity contribution is -0.183. The Balaban J connectivity index is 2.03. The van der Waals surface area contributed by atoms with Crippen LogP contribution in [0.3, 0.4) is 0 Å². The molecule has 8 nitrogen and oxygen atoms in total. The highest BCUT2D eigenvalue weighted by Crippen LogP contribution is 2.68. The second-order valence-electron chi connectivity index (χ2n) is 11.3. The summed E-state index contributed by atoms with van der Waals surface area (Å²) in [5.41, 5.74) is -3.12. The number of aliphatic hydroxyl groups excluding tert-OH is 2. The number of ketones is 1. The van der Waals surface area contributed by atoms with Gasteiger partial charge in [0.15, 0.2) is 6.10 Å². The molecule has 8 atom stereocenters. The van der Waals surface area contributed by atoms with Crippen molar-refractivity contribution < 1.29 is 39.2 Å². The van der Waals surface area contributed by atoms with Crippen LogP contribution in [0.5, 0.6) is 0 Å². The fourth-order valence-electron chi connectivity index (χ4n) is 5.90. The maximum atomic E-state index is 13.9. The first-order chi connectivity index (χ1) is 15.5. The number of hydrogen-bond donors (Lipinski definition) is 3. The van der Waals surface area contributed by atoms with Crippen LogP contribution in [0.2, 0.25) is 0 Å². The van der Waals surface area contributed by atoms with Gasteiger partial charge in [-0.05, 0) is 30.9 Å². The fourth-order valence-corrected chi connectivity index (χ4v) is 5.90. The van der Waals surface area contributed by atoms with E-state index >= 15 is 0 Å². The zero-order valence-corrected chi connectivity index (χ0v) is 21.3. The summed E-state index contributed by atoms with van der Waals surface area (Å²) in [5, 5.41) is 33.1. The predicted molar refractivity (Wildman–Crippen MR) is 123 cm³/mol. The number of Topliss-reactive ketones (excluding diaryl/α,β-unsaturated/α-hetero) is 1. The van der Waals surface area contributed by atoms with E-state index in [1.54, 1.807) is 26.8 Å². The molecule has 0 saturated heterocycles. The first-order valence-electron chi connectivity index (χ1n) is 11.9. The van der Waals surface area contributed by atoms with Crippen LogP contribution in [0.1, 0.15) is 55.4 Å². The van der Waals surface area contributed by atoms with Crippen molar-refractivity contribution in [3.05, 3.63) is 23.3 Å². The second-order valence-corrected chi connectivity index (χ2v) is 11.3. The van der Waals surface area contributed by atoms with Crippen LogP contribution in [0, 0.1) is 35.0 Å². The van der Waals surface area contributed by atoms with Gasteiger partial charge < -0.3 is 24.8 Å². The highest BCUT2D eigenvalue weighted by molar-refractivity contribution is 5.91. The number of carbonyl (C=O) groups is 3. The molecule has 8 heteroatoms. The molecular formula is C26H38O8. The molecule has 0 aliphatic heterocycles. The topological polar surface area (TPSA) is 130 Å². The monoisotopic (exact) mass is 478 g/mol. The van der Waals surface area contributed by atoms with Crippen LogP contribution in [0.15, 0.2) is 23.3 Å². The van der Waals surface area contributed by atoms with Crippen molar-refractivity contribution in [2.75, 3.05) is 6.61 Å². The molecule has 3 rings (SSSR count). The Kier molecular flexibility index (Phi) is 6.70. The van der Waals surface area contributed by atoms with Crippen LogP contribution in [-0.2, 0) is 23.9 Å². The smallest absolute Gasteiger partial charge is 0.309 e. The first kappa shape index (κ1) is 26.6. The molecule has 0 bridgehead atoms. The highest BCUT2D eigenvalue weighted by Gasteiger charge is 2.75. The third-order valence-corrected chi connectivity index (χ3v) is 8.65. The number of fused-ring (bicyclic) bond motifs is 1. The van der Waals surface area contributed by atoms with Gasteiger partial charge >= 0.3 is 11.9 Å². The molecule has 1 saturated carbocycles. The van der Waals surface area contributed by atoms with Crippen molar-refractivity contribution in [1.82, 2.24) is 0 Å². The number of ether oxygens (including phenoxy) is 2. The third-order valence-electron chi connectivity index (χ3n) is 8.65. The Bertz CT molecular complexity index is 946. The number of hydrogen-bond acceptors (Lipinski definition) is 8. The molecular weight excluding hydrogens is 440 g/mol. The number of allylic oxidation sites excluding steroid dienone is 1. The van der Waals surface area contributed by atoms with E-state index in [-0.39, 0.29) is 17.3 Å². The summed E-state index contributed by atoms with van der Waals surface area (Å²) in [5.74, 6) is -4.27. The molecule has 0 spiro atoms. The molecule has 0 aromatic rings. The summed E-state index contributed by atoms with van der Waals surface area (Å²) < 4.78 is 11.3. The number of aliphatic hydroxyl groups is 3. The molecule has 0 radical (unpaired) electrons.